The van der Waals surface area contributed by atoms with E-state index in [1.54, 1.807) is 0 Å². The molecule has 0 aliphatic heterocycles. The topological polar surface area (TPSA) is 77.0 Å². The second-order valence-corrected chi connectivity index (χ2v) is 6.42. The standard InChI is InChI=1S/C17H18N4O2S/c1-4-23-9-14-20-21-17(24-14)19-16(22)13-8-12-7-5-6-10(2)15(12)18-11(13)3/h5-8H,4,9H2,1-3H3,(H,19,21,22). The Morgan fingerprint density at radius 2 is 2.12 bits per heavy atom. The maximum Gasteiger partial charge on any atom is 0.259 e. The van der Waals surface area contributed by atoms with Crippen molar-refractivity contribution in [2.45, 2.75) is 27.4 Å². The number of aromatic nitrogens is 3. The summed E-state index contributed by atoms with van der Waals surface area (Å²) in [5, 5.41) is 12.9. The highest BCUT2D eigenvalue weighted by molar-refractivity contribution is 7.15. The average Bonchev–Trinajstić information content (AvgIpc) is 3.00. The largest absolute Gasteiger partial charge is 0.374 e. The van der Waals surface area contributed by atoms with Gasteiger partial charge in [0.15, 0.2) is 0 Å². The van der Waals surface area contributed by atoms with Crippen molar-refractivity contribution in [2.75, 3.05) is 11.9 Å². The van der Waals surface area contributed by atoms with E-state index in [0.717, 1.165) is 21.5 Å². The molecule has 0 unspecified atom stereocenters. The van der Waals surface area contributed by atoms with Crippen molar-refractivity contribution in [1.82, 2.24) is 15.2 Å². The molecule has 3 aromatic rings. The lowest BCUT2D eigenvalue weighted by Gasteiger charge is -2.08. The van der Waals surface area contributed by atoms with Crippen molar-refractivity contribution in [3.8, 4) is 0 Å². The van der Waals surface area contributed by atoms with Gasteiger partial charge in [0.05, 0.1) is 16.8 Å². The van der Waals surface area contributed by atoms with Crippen LogP contribution in [0, 0.1) is 13.8 Å². The number of fused-ring (bicyclic) bond motifs is 1. The Balaban J connectivity index is 1.83. The molecule has 0 aliphatic carbocycles. The Labute approximate surface area is 143 Å². The number of benzene rings is 1. The fourth-order valence-electron chi connectivity index (χ4n) is 2.38. The zero-order valence-corrected chi connectivity index (χ0v) is 14.6. The lowest BCUT2D eigenvalue weighted by atomic mass is 10.1. The molecule has 1 N–H and O–H groups in total. The molecular formula is C17H18N4O2S. The molecule has 24 heavy (non-hydrogen) atoms. The van der Waals surface area contributed by atoms with Gasteiger partial charge in [0.25, 0.3) is 5.91 Å². The van der Waals surface area contributed by atoms with E-state index in [-0.39, 0.29) is 5.91 Å². The second kappa shape index (κ2) is 7.02. The van der Waals surface area contributed by atoms with Gasteiger partial charge in [-0.15, -0.1) is 10.2 Å². The summed E-state index contributed by atoms with van der Waals surface area (Å²) in [6.45, 7) is 6.78. The van der Waals surface area contributed by atoms with Gasteiger partial charge in [-0.05, 0) is 32.4 Å². The minimum Gasteiger partial charge on any atom is -0.374 e. The summed E-state index contributed by atoms with van der Waals surface area (Å²) >= 11 is 1.31. The van der Waals surface area contributed by atoms with Gasteiger partial charge in [-0.25, -0.2) is 0 Å². The number of carbonyl (C=O) groups is 1. The van der Waals surface area contributed by atoms with Gasteiger partial charge in [0.1, 0.15) is 11.6 Å². The molecule has 0 aliphatic rings. The van der Waals surface area contributed by atoms with E-state index >= 15 is 0 Å². The van der Waals surface area contributed by atoms with Crippen LogP contribution in [0.4, 0.5) is 5.13 Å². The fraction of sp³-hybridized carbons (Fsp3) is 0.294. The predicted molar refractivity (Wildman–Crippen MR) is 94.4 cm³/mol. The summed E-state index contributed by atoms with van der Waals surface area (Å²) in [5.41, 5.74) is 3.23. The maximum absolute atomic E-state index is 12.5. The number of pyridine rings is 1. The molecule has 1 aromatic carbocycles. The first kappa shape index (κ1) is 16.5. The first-order chi connectivity index (χ1) is 11.6. The van der Waals surface area contributed by atoms with E-state index < -0.39 is 0 Å². The molecule has 7 heteroatoms. The predicted octanol–water partition coefficient (Wildman–Crippen LogP) is 3.49. The lowest BCUT2D eigenvalue weighted by Crippen LogP contribution is -2.14. The molecule has 0 spiro atoms. The Morgan fingerprint density at radius 3 is 2.92 bits per heavy atom. The Kier molecular flexibility index (Phi) is 4.82. The molecule has 0 bridgehead atoms. The molecule has 124 valence electrons. The molecule has 6 nitrogen and oxygen atoms in total. The summed E-state index contributed by atoms with van der Waals surface area (Å²) in [7, 11) is 0. The summed E-state index contributed by atoms with van der Waals surface area (Å²) in [5.74, 6) is -0.234. The summed E-state index contributed by atoms with van der Waals surface area (Å²) in [6, 6.07) is 7.79. The number of aryl methyl sites for hydroxylation is 2. The van der Waals surface area contributed by atoms with E-state index in [9.17, 15) is 4.79 Å². The average molecular weight is 342 g/mol. The van der Waals surface area contributed by atoms with Crippen LogP contribution in [0.3, 0.4) is 0 Å². The van der Waals surface area contributed by atoms with Crippen molar-refractivity contribution in [2.24, 2.45) is 0 Å². The third-order valence-electron chi connectivity index (χ3n) is 3.60. The molecule has 0 atom stereocenters. The van der Waals surface area contributed by atoms with Crippen molar-refractivity contribution in [3.05, 3.63) is 46.1 Å². The molecule has 0 saturated carbocycles. The van der Waals surface area contributed by atoms with Gasteiger partial charge in [0, 0.05) is 12.0 Å². The van der Waals surface area contributed by atoms with Crippen LogP contribution in [0.25, 0.3) is 10.9 Å². The smallest absolute Gasteiger partial charge is 0.259 e. The van der Waals surface area contributed by atoms with Crippen molar-refractivity contribution in [3.63, 3.8) is 0 Å². The van der Waals surface area contributed by atoms with Gasteiger partial charge in [-0.3, -0.25) is 15.1 Å². The van der Waals surface area contributed by atoms with Crippen molar-refractivity contribution in [1.29, 1.82) is 0 Å². The summed E-state index contributed by atoms with van der Waals surface area (Å²) in [4.78, 5) is 17.1. The van der Waals surface area contributed by atoms with E-state index in [1.165, 1.54) is 11.3 Å². The zero-order chi connectivity index (χ0) is 17.1. The van der Waals surface area contributed by atoms with Crippen LogP contribution in [0.1, 0.15) is 33.5 Å². The number of nitrogens with zero attached hydrogens (tertiary/aromatic N) is 3. The van der Waals surface area contributed by atoms with Crippen LogP contribution < -0.4 is 5.32 Å². The first-order valence-corrected chi connectivity index (χ1v) is 8.48. The molecule has 0 radical (unpaired) electrons. The van der Waals surface area contributed by atoms with Crippen LogP contribution >= 0.6 is 11.3 Å². The van der Waals surface area contributed by atoms with Gasteiger partial charge in [0.2, 0.25) is 5.13 Å². The number of rotatable bonds is 5. The minimum absolute atomic E-state index is 0.234. The second-order valence-electron chi connectivity index (χ2n) is 5.36. The SMILES string of the molecule is CCOCc1nnc(NC(=O)c2cc3cccc(C)c3nc2C)s1. The summed E-state index contributed by atoms with van der Waals surface area (Å²) in [6.07, 6.45) is 0. The number of hydrogen-bond donors (Lipinski definition) is 1. The Hall–Kier alpha value is -2.38. The molecule has 1 amide bonds. The highest BCUT2D eigenvalue weighted by Crippen LogP contribution is 2.22. The number of ether oxygens (including phenoxy) is 1. The van der Waals surface area contributed by atoms with Gasteiger partial charge in [-0.1, -0.05) is 29.5 Å². The van der Waals surface area contributed by atoms with Crippen molar-refractivity contribution >= 4 is 33.3 Å². The highest BCUT2D eigenvalue weighted by atomic mass is 32.1. The van der Waals surface area contributed by atoms with Crippen LogP contribution in [0.15, 0.2) is 24.3 Å². The van der Waals surface area contributed by atoms with Gasteiger partial charge < -0.3 is 4.74 Å². The monoisotopic (exact) mass is 342 g/mol. The third-order valence-corrected chi connectivity index (χ3v) is 4.41. The zero-order valence-electron chi connectivity index (χ0n) is 13.8. The Bertz CT molecular complexity index is 891. The maximum atomic E-state index is 12.5. The van der Waals surface area contributed by atoms with Crippen LogP contribution in [-0.4, -0.2) is 27.7 Å². The molecule has 3 rings (SSSR count). The number of anilines is 1. The minimum atomic E-state index is -0.234. The molecule has 0 saturated heterocycles. The Morgan fingerprint density at radius 1 is 1.29 bits per heavy atom. The van der Waals surface area contributed by atoms with Gasteiger partial charge >= 0.3 is 0 Å². The van der Waals surface area contributed by atoms with E-state index in [4.69, 9.17) is 4.74 Å². The summed E-state index contributed by atoms with van der Waals surface area (Å²) < 4.78 is 5.29. The number of carbonyl (C=O) groups excluding carboxylic acids is 1. The van der Waals surface area contributed by atoms with Gasteiger partial charge in [-0.2, -0.15) is 0 Å². The molecule has 2 aromatic heterocycles. The molecule has 2 heterocycles. The van der Waals surface area contributed by atoms with E-state index in [2.05, 4.69) is 20.5 Å². The van der Waals surface area contributed by atoms with E-state index in [1.807, 2.05) is 45.0 Å². The third kappa shape index (κ3) is 3.42. The van der Waals surface area contributed by atoms with Crippen molar-refractivity contribution < 1.29 is 9.53 Å². The highest BCUT2D eigenvalue weighted by Gasteiger charge is 2.15. The van der Waals surface area contributed by atoms with Crippen LogP contribution in [-0.2, 0) is 11.3 Å². The normalized spacial score (nSPS) is 11.0. The molecule has 0 fully saturated rings. The quantitative estimate of drug-likeness (QED) is 0.768. The lowest BCUT2D eigenvalue weighted by molar-refractivity contribution is 0.102. The molecular weight excluding hydrogens is 324 g/mol. The first-order valence-electron chi connectivity index (χ1n) is 7.67. The number of nitrogens with one attached hydrogen (secondary N) is 1. The van der Waals surface area contributed by atoms with Crippen LogP contribution in [0.2, 0.25) is 0 Å². The number of amides is 1. The fourth-order valence-corrected chi connectivity index (χ4v) is 3.06. The van der Waals surface area contributed by atoms with Crippen LogP contribution in [0.5, 0.6) is 0 Å². The number of hydrogen-bond acceptors (Lipinski definition) is 6. The number of para-hydroxylation sites is 1. The van der Waals surface area contributed by atoms with E-state index in [0.29, 0.717) is 29.6 Å².